The van der Waals surface area contributed by atoms with Crippen molar-refractivity contribution in [2.45, 2.75) is 26.2 Å². The van der Waals surface area contributed by atoms with Gasteiger partial charge in [0.25, 0.3) is 0 Å². The average Bonchev–Trinajstić information content (AvgIpc) is 2.26. The SMILES string of the molecule is CCCCN(C)c1ccc(CCN)cc1Cl. The molecule has 0 aliphatic carbocycles. The first kappa shape index (κ1) is 13.3. The largest absolute Gasteiger partial charge is 0.373 e. The van der Waals surface area contributed by atoms with Crippen LogP contribution < -0.4 is 10.6 Å². The fourth-order valence-electron chi connectivity index (χ4n) is 1.70. The van der Waals surface area contributed by atoms with Crippen LogP contribution in [-0.4, -0.2) is 20.1 Å². The highest BCUT2D eigenvalue weighted by molar-refractivity contribution is 6.33. The molecular weight excluding hydrogens is 220 g/mol. The molecule has 16 heavy (non-hydrogen) atoms. The Kier molecular flexibility index (Phi) is 5.64. The molecule has 0 aliphatic rings. The Morgan fingerprint density at radius 1 is 1.38 bits per heavy atom. The molecule has 0 unspecified atom stereocenters. The molecule has 0 aliphatic heterocycles. The van der Waals surface area contributed by atoms with E-state index >= 15 is 0 Å². The molecule has 90 valence electrons. The topological polar surface area (TPSA) is 29.3 Å². The number of rotatable bonds is 6. The van der Waals surface area contributed by atoms with Crippen molar-refractivity contribution in [3.8, 4) is 0 Å². The van der Waals surface area contributed by atoms with Crippen LogP contribution in [0.15, 0.2) is 18.2 Å². The highest BCUT2D eigenvalue weighted by Gasteiger charge is 2.06. The Balaban J connectivity index is 2.73. The Morgan fingerprint density at radius 2 is 2.12 bits per heavy atom. The van der Waals surface area contributed by atoms with Crippen molar-refractivity contribution in [2.75, 3.05) is 25.0 Å². The third-order valence-electron chi connectivity index (χ3n) is 2.70. The van der Waals surface area contributed by atoms with Gasteiger partial charge in [-0.2, -0.15) is 0 Å². The van der Waals surface area contributed by atoms with Gasteiger partial charge in [0.15, 0.2) is 0 Å². The molecule has 0 atom stereocenters. The van der Waals surface area contributed by atoms with Crippen LogP contribution in [0.1, 0.15) is 25.3 Å². The number of nitrogens with two attached hydrogens (primary N) is 1. The van der Waals surface area contributed by atoms with Crippen molar-refractivity contribution in [1.29, 1.82) is 0 Å². The van der Waals surface area contributed by atoms with Gasteiger partial charge in [0.1, 0.15) is 0 Å². The van der Waals surface area contributed by atoms with E-state index in [1.165, 1.54) is 18.4 Å². The fourth-order valence-corrected chi connectivity index (χ4v) is 2.05. The molecule has 2 N–H and O–H groups in total. The quantitative estimate of drug-likeness (QED) is 0.828. The zero-order valence-electron chi connectivity index (χ0n) is 10.2. The third-order valence-corrected chi connectivity index (χ3v) is 3.01. The summed E-state index contributed by atoms with van der Waals surface area (Å²) < 4.78 is 0. The van der Waals surface area contributed by atoms with E-state index in [-0.39, 0.29) is 0 Å². The average molecular weight is 241 g/mol. The molecule has 1 aromatic rings. The van der Waals surface area contributed by atoms with Gasteiger partial charge in [-0.1, -0.05) is 31.0 Å². The van der Waals surface area contributed by atoms with Crippen molar-refractivity contribution in [3.05, 3.63) is 28.8 Å². The molecule has 0 aromatic heterocycles. The van der Waals surface area contributed by atoms with Crippen LogP contribution in [0, 0.1) is 0 Å². The highest BCUT2D eigenvalue weighted by Crippen LogP contribution is 2.26. The summed E-state index contributed by atoms with van der Waals surface area (Å²) in [5, 5.41) is 0.824. The molecule has 0 amide bonds. The van der Waals surface area contributed by atoms with Gasteiger partial charge in [0, 0.05) is 13.6 Å². The molecule has 0 saturated heterocycles. The van der Waals surface area contributed by atoms with E-state index in [1.54, 1.807) is 0 Å². The first-order valence-electron chi connectivity index (χ1n) is 5.88. The highest BCUT2D eigenvalue weighted by atomic mass is 35.5. The van der Waals surface area contributed by atoms with E-state index in [0.29, 0.717) is 6.54 Å². The van der Waals surface area contributed by atoms with E-state index in [9.17, 15) is 0 Å². The van der Waals surface area contributed by atoms with Crippen molar-refractivity contribution < 1.29 is 0 Å². The lowest BCUT2D eigenvalue weighted by Crippen LogP contribution is -2.18. The van der Waals surface area contributed by atoms with E-state index in [2.05, 4.69) is 31.0 Å². The lowest BCUT2D eigenvalue weighted by molar-refractivity contribution is 0.766. The Bertz CT molecular complexity index is 326. The van der Waals surface area contributed by atoms with Gasteiger partial charge < -0.3 is 10.6 Å². The normalized spacial score (nSPS) is 10.5. The standard InChI is InChI=1S/C13H21ClN2/c1-3-4-9-16(2)13-6-5-11(7-8-15)10-12(13)14/h5-6,10H,3-4,7-9,15H2,1-2H3. The van der Waals surface area contributed by atoms with Crippen LogP contribution in [0.3, 0.4) is 0 Å². The summed E-state index contributed by atoms with van der Waals surface area (Å²) in [5.74, 6) is 0. The molecule has 1 rings (SSSR count). The molecule has 0 fully saturated rings. The van der Waals surface area contributed by atoms with Gasteiger partial charge in [-0.25, -0.2) is 0 Å². The maximum Gasteiger partial charge on any atom is 0.0642 e. The number of hydrogen-bond acceptors (Lipinski definition) is 2. The Hall–Kier alpha value is -0.730. The van der Waals surface area contributed by atoms with Gasteiger partial charge in [-0.15, -0.1) is 0 Å². The minimum absolute atomic E-state index is 0.668. The predicted octanol–water partition coefficient (Wildman–Crippen LogP) is 3.08. The number of nitrogens with zero attached hydrogens (tertiary/aromatic N) is 1. The van der Waals surface area contributed by atoms with E-state index < -0.39 is 0 Å². The molecule has 1 aromatic carbocycles. The zero-order chi connectivity index (χ0) is 12.0. The molecule has 0 spiro atoms. The second-order valence-electron chi connectivity index (χ2n) is 4.10. The van der Waals surface area contributed by atoms with E-state index in [1.807, 2.05) is 6.07 Å². The minimum atomic E-state index is 0.668. The van der Waals surface area contributed by atoms with Crippen LogP contribution in [0.4, 0.5) is 5.69 Å². The van der Waals surface area contributed by atoms with Crippen molar-refractivity contribution in [2.24, 2.45) is 5.73 Å². The first-order valence-corrected chi connectivity index (χ1v) is 6.26. The van der Waals surface area contributed by atoms with Crippen LogP contribution >= 0.6 is 11.6 Å². The Morgan fingerprint density at radius 3 is 2.69 bits per heavy atom. The molecule has 0 saturated carbocycles. The summed E-state index contributed by atoms with van der Waals surface area (Å²) in [5.41, 5.74) is 7.84. The van der Waals surface area contributed by atoms with E-state index in [4.69, 9.17) is 17.3 Å². The minimum Gasteiger partial charge on any atom is -0.373 e. The second-order valence-corrected chi connectivity index (χ2v) is 4.51. The van der Waals surface area contributed by atoms with Gasteiger partial charge in [0.2, 0.25) is 0 Å². The lowest BCUT2D eigenvalue weighted by atomic mass is 10.1. The van der Waals surface area contributed by atoms with Crippen molar-refractivity contribution in [3.63, 3.8) is 0 Å². The zero-order valence-corrected chi connectivity index (χ0v) is 10.9. The molecule has 0 bridgehead atoms. The fraction of sp³-hybridized carbons (Fsp3) is 0.538. The summed E-state index contributed by atoms with van der Waals surface area (Å²) >= 11 is 6.26. The lowest BCUT2D eigenvalue weighted by Gasteiger charge is -2.20. The number of halogens is 1. The summed E-state index contributed by atoms with van der Waals surface area (Å²) in [6, 6.07) is 6.21. The van der Waals surface area contributed by atoms with Gasteiger partial charge >= 0.3 is 0 Å². The predicted molar refractivity (Wildman–Crippen MR) is 72.4 cm³/mol. The van der Waals surface area contributed by atoms with Crippen LogP contribution in [0.25, 0.3) is 0 Å². The van der Waals surface area contributed by atoms with Crippen molar-refractivity contribution >= 4 is 17.3 Å². The van der Waals surface area contributed by atoms with E-state index in [0.717, 1.165) is 23.7 Å². The van der Waals surface area contributed by atoms with Gasteiger partial charge in [-0.05, 0) is 37.1 Å². The smallest absolute Gasteiger partial charge is 0.0642 e. The summed E-state index contributed by atoms with van der Waals surface area (Å²) in [6.07, 6.45) is 3.28. The van der Waals surface area contributed by atoms with Gasteiger partial charge in [0.05, 0.1) is 10.7 Å². The maximum atomic E-state index is 6.26. The van der Waals surface area contributed by atoms with Crippen molar-refractivity contribution in [1.82, 2.24) is 0 Å². The van der Waals surface area contributed by atoms with Crippen LogP contribution in [-0.2, 0) is 6.42 Å². The molecular formula is C13H21ClN2. The molecule has 0 heterocycles. The number of hydrogen-bond donors (Lipinski definition) is 1. The van der Waals surface area contributed by atoms with Crippen LogP contribution in [0.5, 0.6) is 0 Å². The second kappa shape index (κ2) is 6.77. The Labute approximate surface area is 103 Å². The molecule has 2 nitrogen and oxygen atoms in total. The summed E-state index contributed by atoms with van der Waals surface area (Å²) in [7, 11) is 2.08. The molecule has 3 heteroatoms. The number of unbranched alkanes of at least 4 members (excludes halogenated alkanes) is 1. The van der Waals surface area contributed by atoms with Gasteiger partial charge in [-0.3, -0.25) is 0 Å². The molecule has 0 radical (unpaired) electrons. The monoisotopic (exact) mass is 240 g/mol. The summed E-state index contributed by atoms with van der Waals surface area (Å²) in [6.45, 7) is 3.91. The first-order chi connectivity index (χ1) is 7.69. The summed E-state index contributed by atoms with van der Waals surface area (Å²) in [4.78, 5) is 2.21. The number of anilines is 1. The maximum absolute atomic E-state index is 6.26. The number of benzene rings is 1. The third kappa shape index (κ3) is 3.69. The van der Waals surface area contributed by atoms with Crippen LogP contribution in [0.2, 0.25) is 5.02 Å².